The maximum absolute atomic E-state index is 6.41. The van der Waals surface area contributed by atoms with Crippen molar-refractivity contribution < 1.29 is 25.8 Å². The van der Waals surface area contributed by atoms with Crippen LogP contribution in [-0.2, 0) is 21.1 Å². The van der Waals surface area contributed by atoms with Gasteiger partial charge in [-0.05, 0) is 59.0 Å². The van der Waals surface area contributed by atoms with Gasteiger partial charge in [0.05, 0.1) is 11.3 Å². The zero-order chi connectivity index (χ0) is 28.7. The number of fused-ring (bicyclic) bond motifs is 12. The Balaban J connectivity index is 0.00000289. The van der Waals surface area contributed by atoms with Crippen molar-refractivity contribution in [2.75, 3.05) is 0 Å². The molecule has 0 unspecified atom stereocenters. The fourth-order valence-electron chi connectivity index (χ4n) is 6.65. The van der Waals surface area contributed by atoms with Gasteiger partial charge in [-0.3, -0.25) is 9.97 Å². The molecule has 0 fully saturated rings. The number of aromatic nitrogens is 4. The summed E-state index contributed by atoms with van der Waals surface area (Å²) in [5, 5.41) is 6.31. The van der Waals surface area contributed by atoms with Gasteiger partial charge in [-0.25, -0.2) is 0 Å². The number of ether oxygens (including phenoxy) is 1. The van der Waals surface area contributed by atoms with Crippen LogP contribution in [0.15, 0.2) is 110 Å². The molecule has 9 rings (SSSR count). The smallest absolute Gasteiger partial charge is 0.497 e. The van der Waals surface area contributed by atoms with Crippen molar-refractivity contribution in [1.82, 2.24) is 18.8 Å². The Labute approximate surface area is 267 Å². The van der Waals surface area contributed by atoms with Gasteiger partial charge in [0, 0.05) is 47.3 Å². The van der Waals surface area contributed by atoms with Crippen LogP contribution in [-0.4, -0.2) is 18.8 Å². The van der Waals surface area contributed by atoms with Gasteiger partial charge >= 0.3 is 21.1 Å². The average Bonchev–Trinajstić information content (AvgIpc) is 3.72. The first-order valence-corrected chi connectivity index (χ1v) is 14.3. The van der Waals surface area contributed by atoms with E-state index < -0.39 is 0 Å². The summed E-state index contributed by atoms with van der Waals surface area (Å²) in [6.07, 6.45) is 7.66. The molecule has 0 aliphatic heterocycles. The Morgan fingerprint density at radius 2 is 1.18 bits per heavy atom. The minimum atomic E-state index is 0. The summed E-state index contributed by atoms with van der Waals surface area (Å²) >= 11 is 0. The summed E-state index contributed by atoms with van der Waals surface area (Å²) in [5.74, 6) is 1.22. The van der Waals surface area contributed by atoms with Gasteiger partial charge in [0.15, 0.2) is 0 Å². The van der Waals surface area contributed by atoms with E-state index in [-0.39, 0.29) is 21.1 Å². The number of aryl methyl sites for hydroxylation is 2. The number of para-hydroxylation sites is 1. The maximum atomic E-state index is 6.41. The third-order valence-electron chi connectivity index (χ3n) is 8.56. The second-order valence-corrected chi connectivity index (χ2v) is 11.1. The van der Waals surface area contributed by atoms with Gasteiger partial charge < -0.3 is 13.5 Å². The number of imidazole rings is 2. The molecular formula is C38H24N4OPt. The van der Waals surface area contributed by atoms with E-state index in [0.717, 1.165) is 54.6 Å². The zero-order valence-corrected chi connectivity index (χ0v) is 26.2. The molecule has 0 N–H and O–H groups in total. The molecule has 5 aromatic carbocycles. The van der Waals surface area contributed by atoms with E-state index in [9.17, 15) is 0 Å². The molecular weight excluding hydrogens is 724 g/mol. The van der Waals surface area contributed by atoms with Crippen LogP contribution >= 0.6 is 0 Å². The zero-order valence-electron chi connectivity index (χ0n) is 23.9. The third-order valence-corrected chi connectivity index (χ3v) is 8.56. The number of pyridine rings is 2. The van der Waals surface area contributed by atoms with E-state index in [4.69, 9.17) is 9.72 Å². The van der Waals surface area contributed by atoms with Crippen molar-refractivity contribution in [3.05, 3.63) is 133 Å². The van der Waals surface area contributed by atoms with Crippen molar-refractivity contribution in [2.24, 2.45) is 0 Å². The standard InChI is InChI=1S/C38H24N4O.Pt/c1-23-6-5-7-24(2)36(23)25-10-15-35-31(20-25)29-14-12-27(22-33(29)38-40-17-19-42(35)38)43-26-11-13-28-30-8-3-4-9-34(30)41-18-16-39-37(41)32(28)21-26;/h3-20H,1-2H3;/q-2;+2. The van der Waals surface area contributed by atoms with Gasteiger partial charge in [0.1, 0.15) is 0 Å². The van der Waals surface area contributed by atoms with Crippen molar-refractivity contribution in [2.45, 2.75) is 13.8 Å². The first kappa shape index (κ1) is 26.6. The molecule has 0 radical (unpaired) electrons. The third kappa shape index (κ3) is 3.89. The van der Waals surface area contributed by atoms with Gasteiger partial charge in [-0.15, -0.1) is 12.1 Å². The van der Waals surface area contributed by atoms with Crippen molar-refractivity contribution in [1.29, 1.82) is 0 Å². The molecule has 0 bridgehead atoms. The Kier molecular flexibility index (Phi) is 6.07. The topological polar surface area (TPSA) is 43.8 Å². The van der Waals surface area contributed by atoms with Gasteiger partial charge in [0.25, 0.3) is 0 Å². The first-order chi connectivity index (χ1) is 21.1. The normalized spacial score (nSPS) is 11.7. The Bertz CT molecular complexity index is 2560. The molecule has 0 saturated carbocycles. The Morgan fingerprint density at radius 1 is 0.591 bits per heavy atom. The minimum absolute atomic E-state index is 0. The molecule has 4 aromatic heterocycles. The number of rotatable bonds is 3. The molecule has 212 valence electrons. The summed E-state index contributed by atoms with van der Waals surface area (Å²) in [6.45, 7) is 4.34. The van der Waals surface area contributed by atoms with Crippen LogP contribution in [0.25, 0.3) is 65.8 Å². The van der Waals surface area contributed by atoms with E-state index in [1.807, 2.05) is 36.9 Å². The molecule has 6 heteroatoms. The molecule has 0 spiro atoms. The van der Waals surface area contributed by atoms with E-state index in [2.05, 4.69) is 113 Å². The van der Waals surface area contributed by atoms with E-state index in [0.29, 0.717) is 11.5 Å². The summed E-state index contributed by atoms with van der Waals surface area (Å²) in [6, 6.07) is 36.7. The SMILES string of the molecule is Cc1cccc(C)c1-c1ccc2c(c1)c1ccc(Oc3[c-]c4c(cc3)c3ccccc3n3ccnc43)[c-]c1c1nccn21.[Pt+2]. The number of nitrogens with zero attached hydrogens (tertiary/aromatic N) is 4. The van der Waals surface area contributed by atoms with Gasteiger partial charge in [0.2, 0.25) is 0 Å². The largest absolute Gasteiger partial charge is 2.00 e. The van der Waals surface area contributed by atoms with Gasteiger partial charge in [-0.2, -0.15) is 0 Å². The first-order valence-electron chi connectivity index (χ1n) is 14.3. The quantitative estimate of drug-likeness (QED) is 0.134. The molecule has 0 amide bonds. The second kappa shape index (κ2) is 10.0. The van der Waals surface area contributed by atoms with E-state index >= 15 is 0 Å². The van der Waals surface area contributed by atoms with Crippen LogP contribution in [0.4, 0.5) is 0 Å². The van der Waals surface area contributed by atoms with Crippen LogP contribution in [0.1, 0.15) is 11.1 Å². The van der Waals surface area contributed by atoms with E-state index in [1.165, 1.54) is 22.3 Å². The molecule has 0 saturated heterocycles. The monoisotopic (exact) mass is 747 g/mol. The molecule has 0 aliphatic carbocycles. The van der Waals surface area contributed by atoms with Crippen molar-refractivity contribution in [3.63, 3.8) is 0 Å². The Morgan fingerprint density at radius 3 is 1.84 bits per heavy atom. The number of hydrogen-bond acceptors (Lipinski definition) is 3. The molecule has 9 aromatic rings. The predicted molar refractivity (Wildman–Crippen MR) is 173 cm³/mol. The summed E-state index contributed by atoms with van der Waals surface area (Å²) < 4.78 is 10.6. The van der Waals surface area contributed by atoms with Crippen LogP contribution in [0.2, 0.25) is 0 Å². The molecule has 4 heterocycles. The van der Waals surface area contributed by atoms with Crippen LogP contribution < -0.4 is 4.74 Å². The number of hydrogen-bond donors (Lipinski definition) is 0. The minimum Gasteiger partial charge on any atom is -0.497 e. The fraction of sp³-hybridized carbons (Fsp3) is 0.0526. The average molecular weight is 748 g/mol. The van der Waals surface area contributed by atoms with E-state index in [1.54, 1.807) is 0 Å². The molecule has 44 heavy (non-hydrogen) atoms. The van der Waals surface area contributed by atoms with Crippen LogP contribution in [0, 0.1) is 26.0 Å². The summed E-state index contributed by atoms with van der Waals surface area (Å²) in [4.78, 5) is 9.35. The van der Waals surface area contributed by atoms with Crippen molar-refractivity contribution in [3.8, 4) is 22.6 Å². The van der Waals surface area contributed by atoms with Crippen LogP contribution in [0.3, 0.4) is 0 Å². The fourth-order valence-corrected chi connectivity index (χ4v) is 6.65. The second-order valence-electron chi connectivity index (χ2n) is 11.1. The maximum Gasteiger partial charge on any atom is 2.00 e. The number of benzene rings is 5. The predicted octanol–water partition coefficient (Wildman–Crippen LogP) is 9.27. The summed E-state index contributed by atoms with van der Waals surface area (Å²) in [7, 11) is 0. The Hall–Kier alpha value is -4.99. The van der Waals surface area contributed by atoms with Crippen LogP contribution in [0.5, 0.6) is 11.5 Å². The van der Waals surface area contributed by atoms with Gasteiger partial charge in [-0.1, -0.05) is 94.3 Å². The molecule has 5 nitrogen and oxygen atoms in total. The van der Waals surface area contributed by atoms with Crippen molar-refractivity contribution >= 4 is 54.6 Å². The summed E-state index contributed by atoms with van der Waals surface area (Å²) in [5.41, 5.74) is 8.93. The molecule has 0 aliphatic rings. The molecule has 0 atom stereocenters.